The van der Waals surface area contributed by atoms with E-state index in [1.807, 2.05) is 0 Å². The lowest BCUT2D eigenvalue weighted by atomic mass is 10.1. The van der Waals surface area contributed by atoms with Crippen molar-refractivity contribution in [2.24, 2.45) is 0 Å². The van der Waals surface area contributed by atoms with E-state index in [4.69, 9.17) is 10.5 Å². The van der Waals surface area contributed by atoms with Crippen LogP contribution < -0.4 is 10.5 Å². The predicted molar refractivity (Wildman–Crippen MR) is 60.6 cm³/mol. The maximum Gasteiger partial charge on any atom is 0.139 e. The molecule has 0 fully saturated rings. The Morgan fingerprint density at radius 1 is 1.18 bits per heavy atom. The molecule has 88 valence electrons. The predicted octanol–water partition coefficient (Wildman–Crippen LogP) is 2.62. The van der Waals surface area contributed by atoms with Gasteiger partial charge in [-0.3, -0.25) is 4.98 Å². The zero-order valence-corrected chi connectivity index (χ0v) is 9.08. The molecule has 1 heterocycles. The van der Waals surface area contributed by atoms with Crippen molar-refractivity contribution in [1.29, 1.82) is 0 Å². The van der Waals surface area contributed by atoms with E-state index in [0.717, 1.165) is 12.1 Å². The summed E-state index contributed by atoms with van der Waals surface area (Å²) < 4.78 is 32.2. The van der Waals surface area contributed by atoms with E-state index in [0.29, 0.717) is 5.69 Å². The lowest BCUT2D eigenvalue weighted by molar-refractivity contribution is 0.407. The summed E-state index contributed by atoms with van der Waals surface area (Å²) in [5.41, 5.74) is 5.89. The molecule has 0 radical (unpaired) electrons. The normalized spacial score (nSPS) is 10.3. The first-order valence-electron chi connectivity index (χ1n) is 4.86. The molecule has 3 nitrogen and oxygen atoms in total. The first-order chi connectivity index (χ1) is 8.11. The minimum absolute atomic E-state index is 0.124. The minimum Gasteiger partial charge on any atom is -0.497 e. The third-order valence-corrected chi connectivity index (χ3v) is 2.29. The van der Waals surface area contributed by atoms with Gasteiger partial charge >= 0.3 is 0 Å². The van der Waals surface area contributed by atoms with Crippen LogP contribution in [0.15, 0.2) is 30.5 Å². The Morgan fingerprint density at radius 2 is 1.82 bits per heavy atom. The van der Waals surface area contributed by atoms with Crippen LogP contribution in [0.3, 0.4) is 0 Å². The fourth-order valence-electron chi connectivity index (χ4n) is 1.47. The van der Waals surface area contributed by atoms with Crippen LogP contribution >= 0.6 is 0 Å². The van der Waals surface area contributed by atoms with Crippen molar-refractivity contribution in [1.82, 2.24) is 4.98 Å². The average molecular weight is 236 g/mol. The topological polar surface area (TPSA) is 48.1 Å². The minimum atomic E-state index is -0.723. The van der Waals surface area contributed by atoms with Gasteiger partial charge < -0.3 is 10.5 Å². The Labute approximate surface area is 96.9 Å². The van der Waals surface area contributed by atoms with Crippen molar-refractivity contribution < 1.29 is 13.5 Å². The SMILES string of the molecule is COc1cc(F)c(-c2ccc(N)cn2)c(F)c1. The number of nitrogen functional groups attached to an aromatic ring is 1. The summed E-state index contributed by atoms with van der Waals surface area (Å²) in [6.07, 6.45) is 1.35. The molecule has 1 aromatic carbocycles. The molecular weight excluding hydrogens is 226 g/mol. The van der Waals surface area contributed by atoms with Crippen LogP contribution in [0.1, 0.15) is 0 Å². The number of nitrogens with two attached hydrogens (primary N) is 1. The molecule has 0 aliphatic carbocycles. The van der Waals surface area contributed by atoms with Crippen molar-refractivity contribution in [3.63, 3.8) is 0 Å². The number of aromatic nitrogens is 1. The van der Waals surface area contributed by atoms with Crippen molar-refractivity contribution in [3.8, 4) is 17.0 Å². The van der Waals surface area contributed by atoms with Gasteiger partial charge in [-0.05, 0) is 12.1 Å². The molecular formula is C12H10F2N2O. The fourth-order valence-corrected chi connectivity index (χ4v) is 1.47. The third-order valence-electron chi connectivity index (χ3n) is 2.29. The van der Waals surface area contributed by atoms with E-state index in [-0.39, 0.29) is 17.0 Å². The maximum atomic E-state index is 13.7. The number of methoxy groups -OCH3 is 1. The van der Waals surface area contributed by atoms with Crippen LogP contribution in [0.25, 0.3) is 11.3 Å². The van der Waals surface area contributed by atoms with Gasteiger partial charge in [0.05, 0.1) is 30.3 Å². The zero-order chi connectivity index (χ0) is 12.4. The van der Waals surface area contributed by atoms with Gasteiger partial charge in [-0.2, -0.15) is 0 Å². The second-order valence-electron chi connectivity index (χ2n) is 3.44. The molecule has 0 spiro atoms. The molecule has 2 N–H and O–H groups in total. The highest BCUT2D eigenvalue weighted by molar-refractivity contribution is 5.63. The van der Waals surface area contributed by atoms with Gasteiger partial charge in [0.1, 0.15) is 17.4 Å². The van der Waals surface area contributed by atoms with E-state index in [1.165, 1.54) is 25.4 Å². The molecule has 0 saturated carbocycles. The third kappa shape index (κ3) is 2.18. The molecule has 0 aliphatic heterocycles. The van der Waals surface area contributed by atoms with Gasteiger partial charge in [-0.15, -0.1) is 0 Å². The molecule has 0 saturated heterocycles. The highest BCUT2D eigenvalue weighted by atomic mass is 19.1. The Morgan fingerprint density at radius 3 is 2.29 bits per heavy atom. The van der Waals surface area contributed by atoms with Crippen LogP contribution in [0, 0.1) is 11.6 Å². The summed E-state index contributed by atoms with van der Waals surface area (Å²) in [5, 5.41) is 0. The zero-order valence-electron chi connectivity index (χ0n) is 9.08. The van der Waals surface area contributed by atoms with Gasteiger partial charge in [0.15, 0.2) is 0 Å². The summed E-state index contributed by atoms with van der Waals surface area (Å²) in [6, 6.07) is 5.21. The number of rotatable bonds is 2. The first-order valence-corrected chi connectivity index (χ1v) is 4.86. The van der Waals surface area contributed by atoms with E-state index in [2.05, 4.69) is 4.98 Å². The summed E-state index contributed by atoms with van der Waals surface area (Å²) in [6.45, 7) is 0. The van der Waals surface area contributed by atoms with E-state index >= 15 is 0 Å². The molecule has 2 aromatic rings. The van der Waals surface area contributed by atoms with Crippen LogP contribution in [0.4, 0.5) is 14.5 Å². The highest BCUT2D eigenvalue weighted by Gasteiger charge is 2.14. The second kappa shape index (κ2) is 4.37. The Hall–Kier alpha value is -2.17. The van der Waals surface area contributed by atoms with Crippen LogP contribution in [-0.4, -0.2) is 12.1 Å². The number of halogens is 2. The second-order valence-corrected chi connectivity index (χ2v) is 3.44. The van der Waals surface area contributed by atoms with Gasteiger partial charge in [-0.25, -0.2) is 8.78 Å². The van der Waals surface area contributed by atoms with Crippen molar-refractivity contribution >= 4 is 5.69 Å². The number of anilines is 1. The summed E-state index contributed by atoms with van der Waals surface area (Å²) >= 11 is 0. The molecule has 5 heteroatoms. The number of ether oxygens (including phenoxy) is 1. The lowest BCUT2D eigenvalue weighted by Gasteiger charge is -2.07. The number of pyridine rings is 1. The van der Waals surface area contributed by atoms with Gasteiger partial charge in [-0.1, -0.05) is 0 Å². The van der Waals surface area contributed by atoms with Crippen LogP contribution in [-0.2, 0) is 0 Å². The molecule has 1 aromatic heterocycles. The summed E-state index contributed by atoms with van der Waals surface area (Å²) in [4.78, 5) is 3.88. The molecule has 0 unspecified atom stereocenters. The van der Waals surface area contributed by atoms with Crippen LogP contribution in [0.2, 0.25) is 0 Å². The Bertz CT molecular complexity index is 518. The van der Waals surface area contributed by atoms with Gasteiger partial charge in [0, 0.05) is 12.1 Å². The first kappa shape index (κ1) is 11.3. The largest absolute Gasteiger partial charge is 0.497 e. The molecule has 2 rings (SSSR count). The Kier molecular flexibility index (Phi) is 2.91. The molecule has 0 aliphatic rings. The van der Waals surface area contributed by atoms with Crippen LogP contribution in [0.5, 0.6) is 5.75 Å². The molecule has 0 amide bonds. The fraction of sp³-hybridized carbons (Fsp3) is 0.0833. The maximum absolute atomic E-state index is 13.7. The number of nitrogens with zero attached hydrogens (tertiary/aromatic N) is 1. The molecule has 0 bridgehead atoms. The van der Waals surface area contributed by atoms with Gasteiger partial charge in [0.2, 0.25) is 0 Å². The van der Waals surface area contributed by atoms with Gasteiger partial charge in [0.25, 0.3) is 0 Å². The average Bonchev–Trinajstić information content (AvgIpc) is 2.30. The smallest absolute Gasteiger partial charge is 0.139 e. The summed E-state index contributed by atoms with van der Waals surface area (Å²) in [5.74, 6) is -1.32. The highest BCUT2D eigenvalue weighted by Crippen LogP contribution is 2.28. The number of hydrogen-bond acceptors (Lipinski definition) is 3. The molecule has 17 heavy (non-hydrogen) atoms. The monoisotopic (exact) mass is 236 g/mol. The molecule has 0 atom stereocenters. The van der Waals surface area contributed by atoms with E-state index in [1.54, 1.807) is 0 Å². The van der Waals surface area contributed by atoms with Crippen molar-refractivity contribution in [2.75, 3.05) is 12.8 Å². The quantitative estimate of drug-likeness (QED) is 0.871. The standard InChI is InChI=1S/C12H10F2N2O/c1-17-8-4-9(13)12(10(14)5-8)11-3-2-7(15)6-16-11/h2-6H,15H2,1H3. The Balaban J connectivity index is 2.55. The van der Waals surface area contributed by atoms with Crippen molar-refractivity contribution in [3.05, 3.63) is 42.1 Å². The van der Waals surface area contributed by atoms with E-state index in [9.17, 15) is 8.78 Å². The number of benzene rings is 1. The van der Waals surface area contributed by atoms with Crippen molar-refractivity contribution in [2.45, 2.75) is 0 Å². The lowest BCUT2D eigenvalue weighted by Crippen LogP contribution is -1.95. The number of hydrogen-bond donors (Lipinski definition) is 1. The summed E-state index contributed by atoms with van der Waals surface area (Å²) in [7, 11) is 1.34. The van der Waals surface area contributed by atoms with E-state index < -0.39 is 11.6 Å².